The molecule has 0 aliphatic carbocycles. The lowest BCUT2D eigenvalue weighted by Crippen LogP contribution is -2.29. The number of aliphatic hydroxyl groups excluding tert-OH is 1. The lowest BCUT2D eigenvalue weighted by Gasteiger charge is -2.24. The number of aryl methyl sites for hydroxylation is 1. The second-order valence-electron chi connectivity index (χ2n) is 8.74. The van der Waals surface area contributed by atoms with Gasteiger partial charge in [0.15, 0.2) is 0 Å². The molecular weight excluding hydrogens is 437 g/mol. The molecule has 1 N–H and O–H groups in total. The van der Waals surface area contributed by atoms with Gasteiger partial charge < -0.3 is 19.2 Å². The van der Waals surface area contributed by atoms with E-state index in [4.69, 9.17) is 9.15 Å². The number of halogens is 1. The smallest absolute Gasteiger partial charge is 0.296 e. The number of nitrogens with zero attached hydrogens (tertiary/aromatic N) is 1. The van der Waals surface area contributed by atoms with Crippen LogP contribution in [0.3, 0.4) is 0 Å². The largest absolute Gasteiger partial charge is 0.507 e. The Bertz CT molecular complexity index is 1230. The van der Waals surface area contributed by atoms with E-state index in [-0.39, 0.29) is 17.9 Å². The predicted octanol–water partition coefficient (Wildman–Crippen LogP) is 5.38. The quantitative estimate of drug-likeness (QED) is 0.289. The molecule has 1 aliphatic rings. The van der Waals surface area contributed by atoms with Crippen LogP contribution in [0.4, 0.5) is 4.39 Å². The van der Waals surface area contributed by atoms with Gasteiger partial charge in [0.1, 0.15) is 23.1 Å². The summed E-state index contributed by atoms with van der Waals surface area (Å²) in [6.07, 6.45) is 1.48. The average molecular weight is 464 g/mol. The average Bonchev–Trinajstić information content (AvgIpc) is 3.41. The number of rotatable bonds is 7. The Hall–Kier alpha value is -3.87. The van der Waals surface area contributed by atoms with Crippen molar-refractivity contribution in [2.45, 2.75) is 33.4 Å². The van der Waals surface area contributed by atoms with Gasteiger partial charge in [0, 0.05) is 5.56 Å². The zero-order chi connectivity index (χ0) is 24.4. The highest BCUT2D eigenvalue weighted by Gasteiger charge is 2.46. The van der Waals surface area contributed by atoms with Crippen molar-refractivity contribution in [1.82, 2.24) is 4.90 Å². The number of ketones is 1. The first-order valence-electron chi connectivity index (χ1n) is 11.1. The maximum Gasteiger partial charge on any atom is 0.296 e. The van der Waals surface area contributed by atoms with E-state index < -0.39 is 23.5 Å². The van der Waals surface area contributed by atoms with E-state index >= 15 is 0 Å². The second kappa shape index (κ2) is 9.55. The summed E-state index contributed by atoms with van der Waals surface area (Å²) in [5, 5.41) is 11.2. The Labute approximate surface area is 197 Å². The number of carbonyl (C=O) groups is 2. The minimum absolute atomic E-state index is 0.0252. The first kappa shape index (κ1) is 23.3. The molecule has 2 aromatic carbocycles. The molecule has 7 heteroatoms. The number of furan rings is 1. The number of ether oxygens (including phenoxy) is 1. The van der Waals surface area contributed by atoms with Crippen LogP contribution in [0.1, 0.15) is 42.3 Å². The van der Waals surface area contributed by atoms with Gasteiger partial charge in [-0.05, 0) is 66.4 Å². The van der Waals surface area contributed by atoms with Crippen molar-refractivity contribution in [1.29, 1.82) is 0 Å². The second-order valence-corrected chi connectivity index (χ2v) is 8.74. The van der Waals surface area contributed by atoms with Crippen LogP contribution in [0, 0.1) is 18.7 Å². The van der Waals surface area contributed by atoms with E-state index in [0.717, 1.165) is 5.56 Å². The molecule has 0 spiro atoms. The summed E-state index contributed by atoms with van der Waals surface area (Å²) < 4.78 is 24.8. The molecule has 0 bridgehead atoms. The van der Waals surface area contributed by atoms with E-state index in [2.05, 4.69) is 0 Å². The van der Waals surface area contributed by atoms with Gasteiger partial charge >= 0.3 is 0 Å². The molecule has 6 nitrogen and oxygen atoms in total. The monoisotopic (exact) mass is 463 g/mol. The van der Waals surface area contributed by atoms with Gasteiger partial charge in [0.05, 0.1) is 31.0 Å². The zero-order valence-corrected chi connectivity index (χ0v) is 19.2. The molecule has 1 atom stereocenters. The maximum absolute atomic E-state index is 13.6. The fourth-order valence-electron chi connectivity index (χ4n) is 3.98. The van der Waals surface area contributed by atoms with Crippen LogP contribution in [0.15, 0.2) is 70.9 Å². The number of aliphatic hydroxyl groups is 1. The van der Waals surface area contributed by atoms with Gasteiger partial charge in [0.25, 0.3) is 11.7 Å². The Morgan fingerprint density at radius 2 is 1.88 bits per heavy atom. The summed E-state index contributed by atoms with van der Waals surface area (Å²) in [4.78, 5) is 27.4. The summed E-state index contributed by atoms with van der Waals surface area (Å²) in [5.74, 6) is -0.798. The lowest BCUT2D eigenvalue weighted by molar-refractivity contribution is -0.140. The van der Waals surface area contributed by atoms with E-state index in [1.807, 2.05) is 20.8 Å². The Balaban J connectivity index is 1.78. The molecule has 4 rings (SSSR count). The van der Waals surface area contributed by atoms with Crippen LogP contribution in [-0.4, -0.2) is 28.3 Å². The molecule has 1 aliphatic heterocycles. The summed E-state index contributed by atoms with van der Waals surface area (Å²) in [5.41, 5.74) is 1.62. The third-order valence-electron chi connectivity index (χ3n) is 5.65. The van der Waals surface area contributed by atoms with Crippen molar-refractivity contribution >= 4 is 17.4 Å². The third kappa shape index (κ3) is 4.59. The molecule has 1 fully saturated rings. The molecule has 1 unspecified atom stereocenters. The number of likely N-dealkylation sites (tertiary alicyclic amines) is 1. The van der Waals surface area contributed by atoms with E-state index in [9.17, 15) is 19.1 Å². The van der Waals surface area contributed by atoms with Gasteiger partial charge in [-0.1, -0.05) is 26.0 Å². The van der Waals surface area contributed by atoms with Crippen molar-refractivity contribution in [3.05, 3.63) is 94.7 Å². The molecule has 1 aromatic heterocycles. The van der Waals surface area contributed by atoms with Gasteiger partial charge in [-0.2, -0.15) is 0 Å². The minimum Gasteiger partial charge on any atom is -0.507 e. The lowest BCUT2D eigenvalue weighted by atomic mass is 9.94. The molecule has 176 valence electrons. The summed E-state index contributed by atoms with van der Waals surface area (Å²) >= 11 is 0. The van der Waals surface area contributed by atoms with Crippen LogP contribution < -0.4 is 4.74 Å². The van der Waals surface area contributed by atoms with Crippen LogP contribution in [0.5, 0.6) is 5.75 Å². The van der Waals surface area contributed by atoms with Gasteiger partial charge in [-0.15, -0.1) is 0 Å². The Morgan fingerprint density at radius 3 is 2.50 bits per heavy atom. The number of hydrogen-bond acceptors (Lipinski definition) is 5. The molecular formula is C27H26FNO5. The number of amides is 1. The van der Waals surface area contributed by atoms with Crippen molar-refractivity contribution in [2.75, 3.05) is 6.61 Å². The zero-order valence-electron chi connectivity index (χ0n) is 19.2. The van der Waals surface area contributed by atoms with Gasteiger partial charge in [0.2, 0.25) is 0 Å². The molecule has 0 saturated carbocycles. The molecule has 3 aromatic rings. The molecule has 2 heterocycles. The highest BCUT2D eigenvalue weighted by molar-refractivity contribution is 6.46. The van der Waals surface area contributed by atoms with Gasteiger partial charge in [-0.25, -0.2) is 4.39 Å². The van der Waals surface area contributed by atoms with E-state index in [0.29, 0.717) is 35.2 Å². The molecule has 1 saturated heterocycles. The first-order chi connectivity index (χ1) is 16.3. The minimum atomic E-state index is -0.900. The fourth-order valence-corrected chi connectivity index (χ4v) is 3.98. The van der Waals surface area contributed by atoms with Crippen molar-refractivity contribution in [2.24, 2.45) is 5.92 Å². The fraction of sp³-hybridized carbons (Fsp3) is 0.259. The Morgan fingerprint density at radius 1 is 1.15 bits per heavy atom. The van der Waals surface area contributed by atoms with Crippen LogP contribution in [-0.2, 0) is 16.1 Å². The summed E-state index contributed by atoms with van der Waals surface area (Å²) in [6, 6.07) is 13.1. The summed E-state index contributed by atoms with van der Waals surface area (Å²) in [6.45, 7) is 6.52. The molecule has 1 amide bonds. The van der Waals surface area contributed by atoms with Crippen molar-refractivity contribution in [3.63, 3.8) is 0 Å². The summed E-state index contributed by atoms with van der Waals surface area (Å²) in [7, 11) is 0. The highest BCUT2D eigenvalue weighted by Crippen LogP contribution is 2.40. The Kier molecular flexibility index (Phi) is 6.54. The number of Topliss-reactive ketones (excluding diaryl/α,β-unsaturated/α-hetero) is 1. The van der Waals surface area contributed by atoms with Crippen molar-refractivity contribution in [3.8, 4) is 5.75 Å². The highest BCUT2D eigenvalue weighted by atomic mass is 19.1. The third-order valence-corrected chi connectivity index (χ3v) is 5.65. The van der Waals surface area contributed by atoms with E-state index in [1.165, 1.54) is 35.4 Å². The standard InChI is InChI=1S/C27H26FNO5/c1-16(2)15-34-22-11-8-19(13-17(22)3)25(30)23-24(18-6-9-20(28)10-7-18)29(27(32)26(23)31)14-21-5-4-12-33-21/h4-13,16,24,30H,14-15H2,1-3H3/b25-23-. The van der Waals surface area contributed by atoms with Crippen LogP contribution in [0.25, 0.3) is 5.76 Å². The molecule has 34 heavy (non-hydrogen) atoms. The number of hydrogen-bond donors (Lipinski definition) is 1. The topological polar surface area (TPSA) is 80.0 Å². The normalized spacial score (nSPS) is 17.6. The first-order valence-corrected chi connectivity index (χ1v) is 11.1. The predicted molar refractivity (Wildman–Crippen MR) is 124 cm³/mol. The number of benzene rings is 2. The van der Waals surface area contributed by atoms with Crippen molar-refractivity contribution < 1.29 is 28.2 Å². The SMILES string of the molecule is Cc1cc(/C(O)=C2/C(=O)C(=O)N(Cc3ccco3)C2c2ccc(F)cc2)ccc1OCC(C)C. The maximum atomic E-state index is 13.6. The number of carbonyl (C=O) groups excluding carboxylic acids is 2. The molecule has 0 radical (unpaired) electrons. The van der Waals surface area contributed by atoms with Crippen LogP contribution in [0.2, 0.25) is 0 Å². The van der Waals surface area contributed by atoms with Gasteiger partial charge in [-0.3, -0.25) is 9.59 Å². The van der Waals surface area contributed by atoms with E-state index in [1.54, 1.807) is 30.3 Å². The van der Waals surface area contributed by atoms with Crippen LogP contribution >= 0.6 is 0 Å².